The van der Waals surface area contributed by atoms with E-state index in [-0.39, 0.29) is 0 Å². The molecule has 0 N–H and O–H groups in total. The Kier molecular flexibility index (Phi) is 4.79. The molecule has 3 heteroatoms. The molecule has 18 heavy (non-hydrogen) atoms. The number of ether oxygens (including phenoxy) is 1. The van der Waals surface area contributed by atoms with Crippen LogP contribution < -0.4 is 0 Å². The number of rotatable bonds is 6. The van der Waals surface area contributed by atoms with Crippen molar-refractivity contribution < 1.29 is 14.5 Å². The van der Waals surface area contributed by atoms with Crippen LogP contribution in [0.15, 0.2) is 36.1 Å². The minimum absolute atomic E-state index is 0.413. The number of hydrogen-bond donors (Lipinski definition) is 0. The Balaban J connectivity index is 2.20. The summed E-state index contributed by atoms with van der Waals surface area (Å²) in [5.74, 6) is 0.904. The molecule has 0 radical (unpaired) electrons. The first-order valence-corrected chi connectivity index (χ1v) is 6.51. The molecule has 0 aliphatic carbocycles. The molecule has 0 aromatic heterocycles. The van der Waals surface area contributed by atoms with Crippen LogP contribution in [0.25, 0.3) is 5.57 Å². The zero-order valence-electron chi connectivity index (χ0n) is 11.0. The molecule has 1 aromatic rings. The lowest BCUT2D eigenvalue weighted by molar-refractivity contribution is -0.314. The maximum Gasteiger partial charge on any atom is 0.232 e. The Bertz CT molecular complexity index is 397. The van der Waals surface area contributed by atoms with Gasteiger partial charge in [0.05, 0.1) is 5.57 Å². The molecular weight excluding hydrogens is 228 g/mol. The van der Waals surface area contributed by atoms with Crippen LogP contribution in [-0.4, -0.2) is 13.4 Å². The van der Waals surface area contributed by atoms with Gasteiger partial charge in [0.25, 0.3) is 0 Å². The van der Waals surface area contributed by atoms with E-state index in [9.17, 15) is 0 Å². The third kappa shape index (κ3) is 2.92. The highest BCUT2D eigenvalue weighted by atomic mass is 17.2. The van der Waals surface area contributed by atoms with E-state index in [1.54, 1.807) is 7.11 Å². The average Bonchev–Trinajstić information content (AvgIpc) is 2.83. The third-order valence-electron chi connectivity index (χ3n) is 3.08. The van der Waals surface area contributed by atoms with E-state index in [2.05, 4.69) is 19.1 Å². The summed E-state index contributed by atoms with van der Waals surface area (Å²) in [6, 6.07) is 10.1. The maximum atomic E-state index is 5.32. The standard InChI is InChI=1S/C15H20O3/c1-3-4-6-11-13-14(15(16-2)18-17-13)12-9-7-5-8-10-12/h5,7-10,15H,3-4,6,11H2,1-2H3. The van der Waals surface area contributed by atoms with Gasteiger partial charge in [-0.1, -0.05) is 50.1 Å². The Morgan fingerprint density at radius 2 is 1.94 bits per heavy atom. The third-order valence-corrected chi connectivity index (χ3v) is 3.08. The van der Waals surface area contributed by atoms with Crippen molar-refractivity contribution in [2.45, 2.75) is 38.9 Å². The van der Waals surface area contributed by atoms with Crippen molar-refractivity contribution in [2.24, 2.45) is 0 Å². The number of hydrogen-bond acceptors (Lipinski definition) is 3. The van der Waals surface area contributed by atoms with E-state index < -0.39 is 6.29 Å². The highest BCUT2D eigenvalue weighted by Gasteiger charge is 2.30. The Morgan fingerprint density at radius 1 is 1.17 bits per heavy atom. The van der Waals surface area contributed by atoms with Crippen LogP contribution in [0.4, 0.5) is 0 Å². The largest absolute Gasteiger partial charge is 0.349 e. The molecule has 1 heterocycles. The quantitative estimate of drug-likeness (QED) is 0.564. The second-order valence-corrected chi connectivity index (χ2v) is 4.41. The fraction of sp³-hybridized carbons (Fsp3) is 0.467. The summed E-state index contributed by atoms with van der Waals surface area (Å²) in [5, 5.41) is 0. The first kappa shape index (κ1) is 13.1. The zero-order chi connectivity index (χ0) is 12.8. The van der Waals surface area contributed by atoms with Crippen molar-refractivity contribution in [3.63, 3.8) is 0 Å². The predicted molar refractivity (Wildman–Crippen MR) is 70.5 cm³/mol. The zero-order valence-corrected chi connectivity index (χ0v) is 11.0. The van der Waals surface area contributed by atoms with Crippen LogP contribution in [0.1, 0.15) is 38.2 Å². The monoisotopic (exact) mass is 248 g/mol. The van der Waals surface area contributed by atoms with Gasteiger partial charge in [0.15, 0.2) is 5.76 Å². The van der Waals surface area contributed by atoms with Crippen molar-refractivity contribution in [3.8, 4) is 0 Å². The molecule has 2 rings (SSSR count). The average molecular weight is 248 g/mol. The molecule has 3 nitrogen and oxygen atoms in total. The van der Waals surface area contributed by atoms with Crippen molar-refractivity contribution in [2.75, 3.05) is 7.11 Å². The van der Waals surface area contributed by atoms with Crippen LogP contribution in [0.5, 0.6) is 0 Å². The fourth-order valence-corrected chi connectivity index (χ4v) is 2.11. The number of methoxy groups -OCH3 is 1. The normalized spacial score (nSPS) is 19.1. The van der Waals surface area contributed by atoms with E-state index in [4.69, 9.17) is 14.5 Å². The summed E-state index contributed by atoms with van der Waals surface area (Å²) < 4.78 is 5.31. The van der Waals surface area contributed by atoms with Crippen LogP contribution in [0.3, 0.4) is 0 Å². The molecule has 0 bridgehead atoms. The molecule has 0 saturated heterocycles. The summed E-state index contributed by atoms with van der Waals surface area (Å²) in [6.07, 6.45) is 4.00. The number of unbranched alkanes of at least 4 members (excludes halogenated alkanes) is 2. The minimum atomic E-state index is -0.413. The summed E-state index contributed by atoms with van der Waals surface area (Å²) in [4.78, 5) is 10.5. The molecule has 0 saturated carbocycles. The highest BCUT2D eigenvalue weighted by molar-refractivity contribution is 5.70. The van der Waals surface area contributed by atoms with Gasteiger partial charge in [-0.15, -0.1) is 0 Å². The SMILES string of the molecule is CCCCCC1=C(c2ccccc2)C(OC)OO1. The van der Waals surface area contributed by atoms with E-state index in [1.165, 1.54) is 12.8 Å². The van der Waals surface area contributed by atoms with Gasteiger partial charge in [-0.3, -0.25) is 0 Å². The molecular formula is C15H20O3. The Hall–Kier alpha value is -1.32. The predicted octanol–water partition coefficient (Wildman–Crippen LogP) is 3.91. The Morgan fingerprint density at radius 3 is 2.61 bits per heavy atom. The molecule has 0 amide bonds. The summed E-state index contributed by atoms with van der Waals surface area (Å²) in [6.45, 7) is 2.19. The molecule has 98 valence electrons. The van der Waals surface area contributed by atoms with Gasteiger partial charge < -0.3 is 9.62 Å². The first-order chi connectivity index (χ1) is 8.86. The van der Waals surface area contributed by atoms with Gasteiger partial charge in [-0.2, -0.15) is 4.89 Å². The molecule has 1 atom stereocenters. The van der Waals surface area contributed by atoms with Crippen molar-refractivity contribution in [1.29, 1.82) is 0 Å². The van der Waals surface area contributed by atoms with Crippen LogP contribution in [0, 0.1) is 0 Å². The summed E-state index contributed by atoms with van der Waals surface area (Å²) in [5.41, 5.74) is 2.13. The van der Waals surface area contributed by atoms with Gasteiger partial charge in [0.2, 0.25) is 6.29 Å². The first-order valence-electron chi connectivity index (χ1n) is 6.51. The topological polar surface area (TPSA) is 27.7 Å². The molecule has 1 aliphatic heterocycles. The molecule has 1 aromatic carbocycles. The van der Waals surface area contributed by atoms with Crippen LogP contribution in [-0.2, 0) is 14.5 Å². The Labute approximate surface area is 108 Å². The van der Waals surface area contributed by atoms with E-state index in [0.717, 1.165) is 29.7 Å². The fourth-order valence-electron chi connectivity index (χ4n) is 2.11. The van der Waals surface area contributed by atoms with Crippen LogP contribution in [0.2, 0.25) is 0 Å². The van der Waals surface area contributed by atoms with Crippen LogP contribution >= 0.6 is 0 Å². The highest BCUT2D eigenvalue weighted by Crippen LogP contribution is 2.34. The van der Waals surface area contributed by atoms with Gasteiger partial charge >= 0.3 is 0 Å². The van der Waals surface area contributed by atoms with E-state index >= 15 is 0 Å². The molecule has 0 spiro atoms. The van der Waals surface area contributed by atoms with E-state index in [0.29, 0.717) is 0 Å². The van der Waals surface area contributed by atoms with Gasteiger partial charge in [-0.25, -0.2) is 0 Å². The molecule has 0 fully saturated rings. The molecule has 1 unspecified atom stereocenters. The molecule has 1 aliphatic rings. The van der Waals surface area contributed by atoms with Gasteiger partial charge in [-0.05, 0) is 12.0 Å². The summed E-state index contributed by atoms with van der Waals surface area (Å²) in [7, 11) is 1.63. The smallest absolute Gasteiger partial charge is 0.232 e. The number of benzene rings is 1. The second kappa shape index (κ2) is 6.57. The second-order valence-electron chi connectivity index (χ2n) is 4.41. The lowest BCUT2D eigenvalue weighted by atomic mass is 10.0. The summed E-state index contributed by atoms with van der Waals surface area (Å²) >= 11 is 0. The maximum absolute atomic E-state index is 5.32. The lowest BCUT2D eigenvalue weighted by Crippen LogP contribution is -2.11. The number of allylic oxidation sites excluding steroid dienone is 1. The minimum Gasteiger partial charge on any atom is -0.349 e. The van der Waals surface area contributed by atoms with Gasteiger partial charge in [0.1, 0.15) is 0 Å². The van der Waals surface area contributed by atoms with E-state index in [1.807, 2.05) is 18.2 Å². The lowest BCUT2D eigenvalue weighted by Gasteiger charge is -2.09. The van der Waals surface area contributed by atoms with Crippen molar-refractivity contribution >= 4 is 5.57 Å². The van der Waals surface area contributed by atoms with Crippen molar-refractivity contribution in [3.05, 3.63) is 41.7 Å². The van der Waals surface area contributed by atoms with Crippen molar-refractivity contribution in [1.82, 2.24) is 0 Å². The van der Waals surface area contributed by atoms with Gasteiger partial charge in [0, 0.05) is 13.5 Å².